The summed E-state index contributed by atoms with van der Waals surface area (Å²) >= 11 is 0. The minimum Gasteiger partial charge on any atom is -0.372 e. The average molecular weight is 309 g/mol. The zero-order chi connectivity index (χ0) is 15.8. The van der Waals surface area contributed by atoms with Crippen LogP contribution in [0.1, 0.15) is 58.3 Å². The van der Waals surface area contributed by atoms with Gasteiger partial charge in [0.05, 0.1) is 0 Å². The molecule has 0 spiro atoms. The highest BCUT2D eigenvalue weighted by molar-refractivity contribution is 4.87. The Hall–Kier alpha value is -0.290. The Labute approximate surface area is 126 Å². The molecule has 0 atom stereocenters. The Balaban J connectivity index is 2.35. The van der Waals surface area contributed by atoms with Gasteiger partial charge in [-0.25, -0.2) is 0 Å². The lowest BCUT2D eigenvalue weighted by molar-refractivity contribution is -0.175. The first-order chi connectivity index (χ1) is 9.91. The van der Waals surface area contributed by atoms with Crippen LogP contribution in [0, 0.1) is 11.3 Å². The van der Waals surface area contributed by atoms with E-state index in [9.17, 15) is 13.2 Å². The summed E-state index contributed by atoms with van der Waals surface area (Å²) in [5.74, 6) is 0.811. The van der Waals surface area contributed by atoms with Gasteiger partial charge in [0.25, 0.3) is 0 Å². The number of rotatable bonds is 9. The summed E-state index contributed by atoms with van der Waals surface area (Å²) < 4.78 is 41.1. The van der Waals surface area contributed by atoms with Crippen LogP contribution in [-0.2, 0) is 4.74 Å². The Bertz CT molecular complexity index is 273. The predicted octanol–water partition coefficient (Wildman–Crippen LogP) is 4.54. The van der Waals surface area contributed by atoms with Crippen LogP contribution in [0.15, 0.2) is 0 Å². The third kappa shape index (κ3) is 7.50. The number of alkyl halides is 3. The van der Waals surface area contributed by atoms with Gasteiger partial charge >= 0.3 is 6.18 Å². The predicted molar refractivity (Wildman–Crippen MR) is 79.3 cm³/mol. The molecule has 1 N–H and O–H groups in total. The fourth-order valence-corrected chi connectivity index (χ4v) is 3.44. The minimum absolute atomic E-state index is 0.128. The molecule has 5 heteroatoms. The summed E-state index contributed by atoms with van der Waals surface area (Å²) in [6.07, 6.45) is 4.98. The molecule has 0 aliphatic heterocycles. The second kappa shape index (κ2) is 8.99. The summed E-state index contributed by atoms with van der Waals surface area (Å²) in [6, 6.07) is 0. The first kappa shape index (κ1) is 18.8. The Morgan fingerprint density at radius 1 is 1.24 bits per heavy atom. The third-order valence-electron chi connectivity index (χ3n) is 4.73. The molecule has 1 fully saturated rings. The van der Waals surface area contributed by atoms with Crippen LogP contribution in [-0.4, -0.2) is 33.0 Å². The number of nitrogens with one attached hydrogen (secondary N) is 1. The highest BCUT2D eigenvalue weighted by atomic mass is 19.4. The second-order valence-corrected chi connectivity index (χ2v) is 6.53. The van der Waals surface area contributed by atoms with Gasteiger partial charge in [-0.15, -0.1) is 0 Å². The van der Waals surface area contributed by atoms with Gasteiger partial charge in [-0.3, -0.25) is 0 Å². The molecule has 0 aromatic carbocycles. The maximum absolute atomic E-state index is 12.1. The number of ether oxygens (including phenoxy) is 1. The fraction of sp³-hybridized carbons (Fsp3) is 1.00. The van der Waals surface area contributed by atoms with E-state index in [2.05, 4.69) is 12.2 Å². The van der Waals surface area contributed by atoms with E-state index < -0.39 is 12.8 Å². The molecule has 0 unspecified atom stereocenters. The molecular weight excluding hydrogens is 279 g/mol. The molecule has 0 aromatic rings. The van der Waals surface area contributed by atoms with E-state index >= 15 is 0 Å². The van der Waals surface area contributed by atoms with E-state index in [1.54, 1.807) is 0 Å². The molecule has 1 aliphatic carbocycles. The van der Waals surface area contributed by atoms with Crippen molar-refractivity contribution < 1.29 is 17.9 Å². The number of unbranched alkanes of at least 4 members (excludes halogenated alkanes) is 1. The lowest BCUT2D eigenvalue weighted by atomic mass is 9.68. The summed E-state index contributed by atoms with van der Waals surface area (Å²) in [4.78, 5) is 0. The van der Waals surface area contributed by atoms with Crippen LogP contribution in [0.25, 0.3) is 0 Å². The van der Waals surface area contributed by atoms with Gasteiger partial charge in [-0.05, 0) is 50.5 Å². The fourth-order valence-electron chi connectivity index (χ4n) is 3.44. The smallest absolute Gasteiger partial charge is 0.372 e. The highest BCUT2D eigenvalue weighted by Gasteiger charge is 2.35. The topological polar surface area (TPSA) is 21.3 Å². The molecule has 0 aromatic heterocycles. The largest absolute Gasteiger partial charge is 0.411 e. The van der Waals surface area contributed by atoms with Crippen molar-refractivity contribution in [1.82, 2.24) is 5.32 Å². The molecule has 1 rings (SSSR count). The minimum atomic E-state index is -4.21. The summed E-state index contributed by atoms with van der Waals surface area (Å²) in [5, 5.41) is 3.22. The molecular formula is C16H30F3NO. The number of hydrogen-bond acceptors (Lipinski definition) is 2. The Morgan fingerprint density at radius 2 is 1.90 bits per heavy atom. The van der Waals surface area contributed by atoms with E-state index in [1.807, 2.05) is 7.05 Å². The van der Waals surface area contributed by atoms with Crippen molar-refractivity contribution in [3.05, 3.63) is 0 Å². The molecule has 0 saturated heterocycles. The van der Waals surface area contributed by atoms with Crippen LogP contribution < -0.4 is 5.32 Å². The van der Waals surface area contributed by atoms with E-state index in [0.29, 0.717) is 0 Å². The van der Waals surface area contributed by atoms with Gasteiger partial charge in [0.15, 0.2) is 0 Å². The summed E-state index contributed by atoms with van der Waals surface area (Å²) in [6.45, 7) is 2.18. The molecule has 0 amide bonds. The van der Waals surface area contributed by atoms with Gasteiger partial charge in [0.2, 0.25) is 0 Å². The molecule has 21 heavy (non-hydrogen) atoms. The number of halogens is 3. The molecule has 1 aliphatic rings. The van der Waals surface area contributed by atoms with Crippen LogP contribution in [0.3, 0.4) is 0 Å². The van der Waals surface area contributed by atoms with Gasteiger partial charge in [0.1, 0.15) is 6.61 Å². The normalized spacial score (nSPS) is 27.0. The lowest BCUT2D eigenvalue weighted by Crippen LogP contribution is -2.37. The summed E-state index contributed by atoms with van der Waals surface area (Å²) in [5.41, 5.74) is 0.128. The monoisotopic (exact) mass is 309 g/mol. The van der Waals surface area contributed by atoms with E-state index in [1.165, 1.54) is 32.1 Å². The average Bonchev–Trinajstić information content (AvgIpc) is 2.43. The van der Waals surface area contributed by atoms with Crippen molar-refractivity contribution in [2.75, 3.05) is 26.8 Å². The van der Waals surface area contributed by atoms with E-state index in [4.69, 9.17) is 4.74 Å². The molecule has 1 saturated carbocycles. The standard InChI is InChI=1S/C16H30F3NO/c1-3-4-5-14-6-8-15(9-7-14,12-20-2)10-11-21-13-16(17,18)19/h14,20H,3-13H2,1-2H3. The van der Waals surface area contributed by atoms with Crippen molar-refractivity contribution in [2.45, 2.75) is 64.5 Å². The first-order valence-electron chi connectivity index (χ1n) is 8.20. The molecule has 126 valence electrons. The Morgan fingerprint density at radius 3 is 2.43 bits per heavy atom. The zero-order valence-electron chi connectivity index (χ0n) is 13.4. The van der Waals surface area contributed by atoms with Crippen molar-refractivity contribution in [1.29, 1.82) is 0 Å². The van der Waals surface area contributed by atoms with Crippen LogP contribution >= 0.6 is 0 Å². The lowest BCUT2D eigenvalue weighted by Gasteiger charge is -2.40. The summed E-state index contributed by atoms with van der Waals surface area (Å²) in [7, 11) is 1.92. The van der Waals surface area contributed by atoms with Crippen molar-refractivity contribution >= 4 is 0 Å². The van der Waals surface area contributed by atoms with Gasteiger partial charge in [-0.1, -0.05) is 26.2 Å². The second-order valence-electron chi connectivity index (χ2n) is 6.53. The third-order valence-corrected chi connectivity index (χ3v) is 4.73. The van der Waals surface area contributed by atoms with Crippen molar-refractivity contribution in [2.24, 2.45) is 11.3 Å². The van der Waals surface area contributed by atoms with Crippen molar-refractivity contribution in [3.63, 3.8) is 0 Å². The van der Waals surface area contributed by atoms with Crippen LogP contribution in [0.2, 0.25) is 0 Å². The van der Waals surface area contributed by atoms with Gasteiger partial charge < -0.3 is 10.1 Å². The Kier molecular flexibility index (Phi) is 8.03. The van der Waals surface area contributed by atoms with Gasteiger partial charge in [-0.2, -0.15) is 13.2 Å². The molecule has 2 nitrogen and oxygen atoms in total. The maximum atomic E-state index is 12.1. The van der Waals surface area contributed by atoms with E-state index in [-0.39, 0.29) is 12.0 Å². The van der Waals surface area contributed by atoms with E-state index in [0.717, 1.165) is 31.7 Å². The number of hydrogen-bond donors (Lipinski definition) is 1. The SMILES string of the molecule is CCCCC1CCC(CCOCC(F)(F)F)(CNC)CC1. The van der Waals surface area contributed by atoms with Crippen LogP contribution in [0.5, 0.6) is 0 Å². The van der Waals surface area contributed by atoms with Crippen molar-refractivity contribution in [3.8, 4) is 0 Å². The molecule has 0 bridgehead atoms. The molecule has 0 radical (unpaired) electrons. The van der Waals surface area contributed by atoms with Gasteiger partial charge in [0, 0.05) is 13.2 Å². The highest BCUT2D eigenvalue weighted by Crippen LogP contribution is 2.42. The maximum Gasteiger partial charge on any atom is 0.411 e. The zero-order valence-corrected chi connectivity index (χ0v) is 13.4. The van der Waals surface area contributed by atoms with Crippen LogP contribution in [0.4, 0.5) is 13.2 Å². The quantitative estimate of drug-likeness (QED) is 0.631. The molecule has 0 heterocycles. The first-order valence-corrected chi connectivity index (χ1v) is 8.20.